The summed E-state index contributed by atoms with van der Waals surface area (Å²) in [5, 5.41) is 22.6. The van der Waals surface area contributed by atoms with Crippen molar-refractivity contribution in [3.05, 3.63) is 59.7 Å². The fourth-order valence-corrected chi connectivity index (χ4v) is 4.81. The smallest absolute Gasteiger partial charge is 0.134 e. The van der Waals surface area contributed by atoms with Gasteiger partial charge in [-0.1, -0.05) is 36.4 Å². The first-order valence-corrected chi connectivity index (χ1v) is 11.6. The van der Waals surface area contributed by atoms with Gasteiger partial charge in [0.1, 0.15) is 18.0 Å². The zero-order chi connectivity index (χ0) is 22.6. The summed E-state index contributed by atoms with van der Waals surface area (Å²) in [6.07, 6.45) is 1.41. The van der Waals surface area contributed by atoms with E-state index in [2.05, 4.69) is 41.0 Å². The number of aliphatic hydroxyl groups is 2. The molecule has 2 fully saturated rings. The van der Waals surface area contributed by atoms with Gasteiger partial charge < -0.3 is 24.6 Å². The molecule has 2 saturated heterocycles. The number of ether oxygens (including phenoxy) is 2. The van der Waals surface area contributed by atoms with Gasteiger partial charge in [-0.05, 0) is 49.9 Å². The Labute approximate surface area is 191 Å². The Morgan fingerprint density at radius 3 is 2.31 bits per heavy atom. The number of hydrogen-bond acceptors (Lipinski definition) is 6. The van der Waals surface area contributed by atoms with E-state index in [1.165, 1.54) is 11.3 Å². The molecule has 0 amide bonds. The highest BCUT2D eigenvalue weighted by atomic mass is 16.5. The molecule has 0 aromatic heterocycles. The van der Waals surface area contributed by atoms with Gasteiger partial charge in [0.05, 0.1) is 18.8 Å². The Morgan fingerprint density at radius 2 is 1.59 bits per heavy atom. The highest BCUT2D eigenvalue weighted by molar-refractivity contribution is 5.53. The molecule has 0 saturated carbocycles. The van der Waals surface area contributed by atoms with Crippen molar-refractivity contribution >= 4 is 5.69 Å². The van der Waals surface area contributed by atoms with E-state index in [-0.39, 0.29) is 13.2 Å². The van der Waals surface area contributed by atoms with E-state index in [1.54, 1.807) is 0 Å². The van der Waals surface area contributed by atoms with E-state index < -0.39 is 11.2 Å². The normalized spacial score (nSPS) is 24.2. The number of para-hydroxylation sites is 2. The number of hydrogen-bond donors (Lipinski definition) is 2. The molecule has 0 radical (unpaired) electrons. The largest absolute Gasteiger partial charge is 0.490 e. The molecule has 0 aliphatic carbocycles. The van der Waals surface area contributed by atoms with Gasteiger partial charge in [0.15, 0.2) is 0 Å². The van der Waals surface area contributed by atoms with Gasteiger partial charge in [0.2, 0.25) is 0 Å². The Hall–Kier alpha value is -2.12. The zero-order valence-corrected chi connectivity index (χ0v) is 19.3. The maximum atomic E-state index is 11.3. The van der Waals surface area contributed by atoms with E-state index in [0.29, 0.717) is 39.1 Å². The lowest BCUT2D eigenvalue weighted by Gasteiger charge is -2.42. The fourth-order valence-electron chi connectivity index (χ4n) is 4.81. The number of piperidine rings is 1. The molecule has 2 aromatic carbocycles. The third kappa shape index (κ3) is 5.62. The Bertz CT molecular complexity index is 897. The molecule has 2 aromatic rings. The summed E-state index contributed by atoms with van der Waals surface area (Å²) in [6, 6.07) is 16.2. The van der Waals surface area contributed by atoms with Crippen LogP contribution in [0, 0.1) is 13.8 Å². The maximum Gasteiger partial charge on any atom is 0.134 e. The number of nitrogens with zero attached hydrogens (tertiary/aromatic N) is 2. The molecule has 2 aliphatic heterocycles. The van der Waals surface area contributed by atoms with Crippen LogP contribution in [0.25, 0.3) is 0 Å². The molecule has 2 N–H and O–H groups in total. The minimum absolute atomic E-state index is 0.161. The Morgan fingerprint density at radius 1 is 0.906 bits per heavy atom. The predicted molar refractivity (Wildman–Crippen MR) is 126 cm³/mol. The van der Waals surface area contributed by atoms with E-state index in [1.807, 2.05) is 31.2 Å². The second-order valence-electron chi connectivity index (χ2n) is 9.54. The summed E-state index contributed by atoms with van der Waals surface area (Å²) in [7, 11) is 0. The van der Waals surface area contributed by atoms with Gasteiger partial charge >= 0.3 is 0 Å². The standard InChI is InChI=1S/C26H36N2O4/c1-21-7-3-5-9-23(21)28-13-11-25(29,12-14-28)17-27-15-16-31-19-26(30,18-27)20-32-24-10-6-4-8-22(24)2/h3-10,29-30H,11-20H2,1-2H3/t26-/m0/s1. The number of aryl methyl sites for hydroxylation is 2. The predicted octanol–water partition coefficient (Wildman–Crippen LogP) is 2.78. The van der Waals surface area contributed by atoms with E-state index >= 15 is 0 Å². The topological polar surface area (TPSA) is 65.4 Å². The second-order valence-corrected chi connectivity index (χ2v) is 9.54. The third-order valence-electron chi connectivity index (χ3n) is 6.70. The van der Waals surface area contributed by atoms with Crippen molar-refractivity contribution in [2.24, 2.45) is 0 Å². The van der Waals surface area contributed by atoms with E-state index in [4.69, 9.17) is 9.47 Å². The second kappa shape index (κ2) is 9.79. The molecule has 0 bridgehead atoms. The van der Waals surface area contributed by atoms with E-state index in [0.717, 1.165) is 24.4 Å². The molecule has 1 atom stereocenters. The minimum atomic E-state index is -1.11. The SMILES string of the molecule is Cc1ccccc1OC[C@@]1(O)COCCN(CC2(O)CCN(c3ccccc3C)CC2)C1. The summed E-state index contributed by atoms with van der Waals surface area (Å²) in [5.74, 6) is 0.777. The van der Waals surface area contributed by atoms with Crippen LogP contribution in [-0.4, -0.2) is 78.9 Å². The van der Waals surface area contributed by atoms with Gasteiger partial charge in [0.25, 0.3) is 0 Å². The van der Waals surface area contributed by atoms with Crippen LogP contribution in [0.15, 0.2) is 48.5 Å². The molecule has 4 rings (SSSR count). The molecule has 32 heavy (non-hydrogen) atoms. The summed E-state index contributed by atoms with van der Waals surface area (Å²) in [4.78, 5) is 4.50. The summed E-state index contributed by atoms with van der Waals surface area (Å²) in [5.41, 5.74) is 1.68. The average Bonchev–Trinajstić information content (AvgIpc) is 2.95. The fraction of sp³-hybridized carbons (Fsp3) is 0.538. The summed E-state index contributed by atoms with van der Waals surface area (Å²) >= 11 is 0. The Kier molecular flexibility index (Phi) is 7.05. The van der Waals surface area contributed by atoms with Crippen LogP contribution < -0.4 is 9.64 Å². The maximum absolute atomic E-state index is 11.3. The number of β-amino-alcohol motifs (C(OH)–C–C–N with tert-alkyl or cyclic N) is 2. The van der Waals surface area contributed by atoms with Crippen molar-refractivity contribution in [1.29, 1.82) is 0 Å². The van der Waals surface area contributed by atoms with Crippen molar-refractivity contribution in [3.63, 3.8) is 0 Å². The first-order chi connectivity index (χ1) is 15.4. The zero-order valence-electron chi connectivity index (χ0n) is 19.3. The lowest BCUT2D eigenvalue weighted by atomic mass is 9.89. The molecular weight excluding hydrogens is 404 g/mol. The van der Waals surface area contributed by atoms with Crippen molar-refractivity contribution in [2.45, 2.75) is 37.9 Å². The van der Waals surface area contributed by atoms with Crippen LogP contribution in [0.5, 0.6) is 5.75 Å². The van der Waals surface area contributed by atoms with Crippen LogP contribution >= 0.6 is 0 Å². The van der Waals surface area contributed by atoms with Crippen LogP contribution in [0.4, 0.5) is 5.69 Å². The molecule has 2 heterocycles. The average molecular weight is 441 g/mol. The number of benzene rings is 2. The van der Waals surface area contributed by atoms with Gasteiger partial charge in [-0.15, -0.1) is 0 Å². The van der Waals surface area contributed by atoms with Crippen molar-refractivity contribution < 1.29 is 19.7 Å². The molecule has 0 unspecified atom stereocenters. The molecule has 6 nitrogen and oxygen atoms in total. The lowest BCUT2D eigenvalue weighted by Crippen LogP contribution is -2.55. The van der Waals surface area contributed by atoms with Crippen LogP contribution in [0.1, 0.15) is 24.0 Å². The van der Waals surface area contributed by atoms with Crippen molar-refractivity contribution in [2.75, 3.05) is 57.4 Å². The molecule has 2 aliphatic rings. The monoisotopic (exact) mass is 440 g/mol. The summed E-state index contributed by atoms with van der Waals surface area (Å²) < 4.78 is 11.7. The van der Waals surface area contributed by atoms with Crippen molar-refractivity contribution in [3.8, 4) is 5.75 Å². The molecule has 174 valence electrons. The third-order valence-corrected chi connectivity index (χ3v) is 6.70. The Balaban J connectivity index is 1.35. The first-order valence-electron chi connectivity index (χ1n) is 11.6. The quantitative estimate of drug-likeness (QED) is 0.720. The number of anilines is 1. The molecular formula is C26H36N2O4. The molecule has 0 spiro atoms. The van der Waals surface area contributed by atoms with Crippen LogP contribution in [0.2, 0.25) is 0 Å². The van der Waals surface area contributed by atoms with Crippen molar-refractivity contribution in [1.82, 2.24) is 4.90 Å². The van der Waals surface area contributed by atoms with Gasteiger partial charge in [-0.2, -0.15) is 0 Å². The van der Waals surface area contributed by atoms with Crippen LogP contribution in [0.3, 0.4) is 0 Å². The minimum Gasteiger partial charge on any atom is -0.490 e. The molecule has 6 heteroatoms. The van der Waals surface area contributed by atoms with E-state index in [9.17, 15) is 10.2 Å². The van der Waals surface area contributed by atoms with Crippen LogP contribution in [-0.2, 0) is 4.74 Å². The van der Waals surface area contributed by atoms with Gasteiger partial charge in [-0.25, -0.2) is 0 Å². The highest BCUT2D eigenvalue weighted by Crippen LogP contribution is 2.30. The van der Waals surface area contributed by atoms with Gasteiger partial charge in [-0.3, -0.25) is 4.90 Å². The van der Waals surface area contributed by atoms with Gasteiger partial charge in [0, 0.05) is 38.4 Å². The first kappa shape index (κ1) is 23.1. The number of rotatable bonds is 6. The highest BCUT2D eigenvalue weighted by Gasteiger charge is 2.39. The lowest BCUT2D eigenvalue weighted by molar-refractivity contribution is -0.0743. The summed E-state index contributed by atoms with van der Waals surface area (Å²) in [6.45, 7) is 8.35.